The molecule has 0 unspecified atom stereocenters. The van der Waals surface area contributed by atoms with Crippen LogP contribution in [0.4, 0.5) is 0 Å². The van der Waals surface area contributed by atoms with Crippen LogP contribution in [0.1, 0.15) is 27.8 Å². The van der Waals surface area contributed by atoms with Gasteiger partial charge in [0, 0.05) is 27.8 Å². The highest BCUT2D eigenvalue weighted by Crippen LogP contribution is 2.62. The molecule has 1 aromatic heterocycles. The fourth-order valence-corrected chi connectivity index (χ4v) is 8.83. The van der Waals surface area contributed by atoms with E-state index in [2.05, 4.69) is 127 Å². The maximum absolute atomic E-state index is 10.1. The summed E-state index contributed by atoms with van der Waals surface area (Å²) in [5.41, 5.74) is 13.4. The molecule has 0 amide bonds. The number of nitriles is 1. The predicted molar refractivity (Wildman–Crippen MR) is 229 cm³/mol. The number of rotatable bonds is 5. The molecular formula is C53H32N4O. The molecule has 0 fully saturated rings. The second-order valence-electron chi connectivity index (χ2n) is 14.6. The fourth-order valence-electron chi connectivity index (χ4n) is 8.83. The zero-order valence-corrected chi connectivity index (χ0v) is 31.2. The third-order valence-electron chi connectivity index (χ3n) is 11.5. The minimum absolute atomic E-state index is 0.585. The van der Waals surface area contributed by atoms with E-state index in [9.17, 15) is 5.26 Å². The van der Waals surface area contributed by atoms with Gasteiger partial charge in [-0.15, -0.1) is 0 Å². The summed E-state index contributed by atoms with van der Waals surface area (Å²) in [4.78, 5) is 15.4. The minimum atomic E-state index is -0.741. The van der Waals surface area contributed by atoms with E-state index < -0.39 is 5.41 Å². The number of hydrogen-bond donors (Lipinski definition) is 0. The Morgan fingerprint density at radius 2 is 0.793 bits per heavy atom. The van der Waals surface area contributed by atoms with Crippen LogP contribution in [0.3, 0.4) is 0 Å². The standard InChI is InChI=1S/C53H32N4O/c54-33-40-17-7-8-18-41(40)38-27-29-42-43-30-28-39(32-47(43)53(46(42)31-38)44-19-9-11-21-48(44)58-49-22-12-10-20-45(49)53)52-56-50(36-15-5-2-6-16-36)55-51(57-52)37-25-23-35(24-26-37)34-13-3-1-4-14-34/h1-32H. The molecule has 5 nitrogen and oxygen atoms in total. The number of ether oxygens (including phenoxy) is 1. The molecule has 270 valence electrons. The molecular weight excluding hydrogens is 709 g/mol. The monoisotopic (exact) mass is 740 g/mol. The SMILES string of the molecule is N#Cc1ccccc1-c1ccc2c(c1)C1(c3ccccc3Oc3ccccc31)c1cc(-c3nc(-c4ccccc4)nc(-c4ccc(-c5ccccc5)cc4)n3)ccc1-2. The van der Waals surface area contributed by atoms with E-state index in [4.69, 9.17) is 19.7 Å². The molecule has 0 radical (unpaired) electrons. The van der Waals surface area contributed by atoms with Gasteiger partial charge in [-0.25, -0.2) is 15.0 Å². The maximum Gasteiger partial charge on any atom is 0.164 e. The van der Waals surface area contributed by atoms with Crippen LogP contribution in [-0.4, -0.2) is 15.0 Å². The number of para-hydroxylation sites is 2. The van der Waals surface area contributed by atoms with Gasteiger partial charge < -0.3 is 4.74 Å². The summed E-state index contributed by atoms with van der Waals surface area (Å²) < 4.78 is 6.65. The van der Waals surface area contributed by atoms with Gasteiger partial charge in [0.05, 0.1) is 17.0 Å². The number of fused-ring (bicyclic) bond motifs is 9. The van der Waals surface area contributed by atoms with E-state index >= 15 is 0 Å². The predicted octanol–water partition coefficient (Wildman–Crippen LogP) is 12.5. The Morgan fingerprint density at radius 1 is 0.362 bits per heavy atom. The van der Waals surface area contributed by atoms with Crippen molar-refractivity contribution in [2.45, 2.75) is 5.41 Å². The fraction of sp³-hybridized carbons (Fsp3) is 0.0189. The smallest absolute Gasteiger partial charge is 0.164 e. The van der Waals surface area contributed by atoms with Crippen molar-refractivity contribution in [2.24, 2.45) is 0 Å². The first kappa shape index (κ1) is 33.4. The van der Waals surface area contributed by atoms with Crippen LogP contribution in [-0.2, 0) is 5.41 Å². The van der Waals surface area contributed by atoms with Gasteiger partial charge in [-0.1, -0.05) is 164 Å². The molecule has 9 aromatic rings. The molecule has 1 spiro atoms. The van der Waals surface area contributed by atoms with Crippen molar-refractivity contribution in [3.05, 3.63) is 222 Å². The van der Waals surface area contributed by atoms with Crippen LogP contribution in [0.25, 0.3) is 67.5 Å². The Hall–Kier alpha value is -7.94. The molecule has 58 heavy (non-hydrogen) atoms. The van der Waals surface area contributed by atoms with Crippen LogP contribution in [0, 0.1) is 11.3 Å². The highest BCUT2D eigenvalue weighted by Gasteiger charge is 2.51. The van der Waals surface area contributed by atoms with E-state index in [1.807, 2.05) is 72.8 Å². The number of benzene rings is 8. The Bertz CT molecular complexity index is 3050. The summed E-state index contributed by atoms with van der Waals surface area (Å²) in [6.07, 6.45) is 0. The third-order valence-corrected chi connectivity index (χ3v) is 11.5. The van der Waals surface area contributed by atoms with Gasteiger partial charge in [0.2, 0.25) is 0 Å². The molecule has 0 N–H and O–H groups in total. The second kappa shape index (κ2) is 13.4. The van der Waals surface area contributed by atoms with Crippen molar-refractivity contribution in [1.82, 2.24) is 15.0 Å². The second-order valence-corrected chi connectivity index (χ2v) is 14.6. The first-order valence-electron chi connectivity index (χ1n) is 19.3. The zero-order chi connectivity index (χ0) is 38.6. The lowest BCUT2D eigenvalue weighted by atomic mass is 9.65. The molecule has 2 aliphatic rings. The quantitative estimate of drug-likeness (QED) is 0.176. The van der Waals surface area contributed by atoms with E-state index in [1.54, 1.807) is 0 Å². The summed E-state index contributed by atoms with van der Waals surface area (Å²) in [6.45, 7) is 0. The lowest BCUT2D eigenvalue weighted by Gasteiger charge is -2.39. The number of aromatic nitrogens is 3. The van der Waals surface area contributed by atoms with E-state index in [0.29, 0.717) is 23.0 Å². The van der Waals surface area contributed by atoms with Gasteiger partial charge in [0.25, 0.3) is 0 Å². The molecule has 8 aromatic carbocycles. The summed E-state index contributed by atoms with van der Waals surface area (Å²) in [5, 5.41) is 10.1. The molecule has 1 aliphatic carbocycles. The van der Waals surface area contributed by atoms with Crippen LogP contribution in [0.2, 0.25) is 0 Å². The lowest BCUT2D eigenvalue weighted by molar-refractivity contribution is 0.436. The Balaban J connectivity index is 1.14. The third kappa shape index (κ3) is 5.20. The molecule has 2 heterocycles. The number of hydrogen-bond acceptors (Lipinski definition) is 5. The molecule has 0 saturated carbocycles. The van der Waals surface area contributed by atoms with Crippen molar-refractivity contribution < 1.29 is 4.74 Å². The van der Waals surface area contributed by atoms with Crippen molar-refractivity contribution in [3.8, 4) is 85.1 Å². The van der Waals surface area contributed by atoms with Crippen LogP contribution in [0.5, 0.6) is 11.5 Å². The average molecular weight is 741 g/mol. The Kier molecular flexibility index (Phi) is 7.70. The topological polar surface area (TPSA) is 71.7 Å². The molecule has 0 bridgehead atoms. The summed E-state index contributed by atoms with van der Waals surface area (Å²) >= 11 is 0. The van der Waals surface area contributed by atoms with Gasteiger partial charge in [-0.3, -0.25) is 0 Å². The zero-order valence-electron chi connectivity index (χ0n) is 31.2. The molecule has 5 heteroatoms. The largest absolute Gasteiger partial charge is 0.457 e. The van der Waals surface area contributed by atoms with E-state index in [-0.39, 0.29) is 0 Å². The Morgan fingerprint density at radius 3 is 1.41 bits per heavy atom. The van der Waals surface area contributed by atoms with Gasteiger partial charge in [-0.05, 0) is 74.8 Å². The lowest BCUT2D eigenvalue weighted by Crippen LogP contribution is -2.32. The molecule has 0 saturated heterocycles. The Labute approximate surface area is 336 Å². The van der Waals surface area contributed by atoms with Crippen molar-refractivity contribution in [2.75, 3.05) is 0 Å². The van der Waals surface area contributed by atoms with Crippen molar-refractivity contribution >= 4 is 0 Å². The van der Waals surface area contributed by atoms with Gasteiger partial charge >= 0.3 is 0 Å². The minimum Gasteiger partial charge on any atom is -0.457 e. The highest BCUT2D eigenvalue weighted by atomic mass is 16.5. The molecule has 11 rings (SSSR count). The first-order chi connectivity index (χ1) is 28.7. The summed E-state index contributed by atoms with van der Waals surface area (Å²) in [6, 6.07) is 69.0. The van der Waals surface area contributed by atoms with E-state index in [0.717, 1.165) is 83.8 Å². The highest BCUT2D eigenvalue weighted by molar-refractivity contribution is 5.92. The molecule has 1 aliphatic heterocycles. The van der Waals surface area contributed by atoms with E-state index in [1.165, 1.54) is 0 Å². The average Bonchev–Trinajstić information content (AvgIpc) is 3.58. The summed E-state index contributed by atoms with van der Waals surface area (Å²) in [7, 11) is 0. The summed E-state index contributed by atoms with van der Waals surface area (Å²) in [5.74, 6) is 3.41. The van der Waals surface area contributed by atoms with Crippen molar-refractivity contribution in [1.29, 1.82) is 5.26 Å². The van der Waals surface area contributed by atoms with Crippen LogP contribution < -0.4 is 4.74 Å². The van der Waals surface area contributed by atoms with Crippen LogP contribution in [0.15, 0.2) is 194 Å². The first-order valence-corrected chi connectivity index (χ1v) is 19.3. The van der Waals surface area contributed by atoms with Gasteiger partial charge in [0.1, 0.15) is 11.5 Å². The van der Waals surface area contributed by atoms with Gasteiger partial charge in [0.15, 0.2) is 17.5 Å². The molecule has 0 atom stereocenters. The van der Waals surface area contributed by atoms with Crippen molar-refractivity contribution in [3.63, 3.8) is 0 Å². The van der Waals surface area contributed by atoms with Gasteiger partial charge in [-0.2, -0.15) is 5.26 Å². The maximum atomic E-state index is 10.1. The normalized spacial score (nSPS) is 12.7. The number of nitrogens with zero attached hydrogens (tertiary/aromatic N) is 4. The van der Waals surface area contributed by atoms with Crippen LogP contribution >= 0.6 is 0 Å².